The Labute approximate surface area is 392 Å². The van der Waals surface area contributed by atoms with Gasteiger partial charge in [0.2, 0.25) is 5.91 Å². The highest BCUT2D eigenvalue weighted by atomic mass is 32.1. The minimum Gasteiger partial charge on any atom is -0.481 e. The van der Waals surface area contributed by atoms with Crippen molar-refractivity contribution >= 4 is 24.5 Å². The van der Waals surface area contributed by atoms with Crippen LogP contribution >= 0.6 is 12.6 Å². The van der Waals surface area contributed by atoms with Gasteiger partial charge < -0.3 is 40.3 Å². The fourth-order valence-corrected chi connectivity index (χ4v) is 9.30. The molecule has 0 spiro atoms. The summed E-state index contributed by atoms with van der Waals surface area (Å²) in [6.45, 7) is 4.30. The lowest BCUT2D eigenvalue weighted by Crippen LogP contribution is -2.58. The van der Waals surface area contributed by atoms with E-state index in [2.05, 4.69) is 31.8 Å². The molecule has 1 rings (SSSR count). The van der Waals surface area contributed by atoms with E-state index in [1.165, 1.54) is 186 Å². The molecule has 1 fully saturated rings. The number of hydrogen-bond acceptors (Lipinski definition) is 9. The van der Waals surface area contributed by atoms with E-state index in [0.717, 1.165) is 38.5 Å². The summed E-state index contributed by atoms with van der Waals surface area (Å²) >= 11 is 4.39. The van der Waals surface area contributed by atoms with Gasteiger partial charge in [-0.25, -0.2) is 0 Å². The zero-order chi connectivity index (χ0) is 46.2. The molecular weight excluding hydrogens is 815 g/mol. The fourth-order valence-electron chi connectivity index (χ4n) is 8.97. The van der Waals surface area contributed by atoms with Gasteiger partial charge in [0, 0.05) is 12.8 Å². The number of unbranched alkanes of at least 4 members (excludes halogenated alkanes) is 33. The molecule has 6 N–H and O–H groups in total. The number of carbonyl (C=O) groups is 2. The second-order valence-electron chi connectivity index (χ2n) is 19.2. The Morgan fingerprint density at radius 2 is 0.921 bits per heavy atom. The molecule has 1 amide bonds. The van der Waals surface area contributed by atoms with Crippen molar-refractivity contribution in [2.75, 3.05) is 6.61 Å². The molecule has 0 radical (unpaired) electrons. The highest BCUT2D eigenvalue weighted by Gasteiger charge is 2.44. The normalized spacial score (nSPS) is 20.5. The maximum Gasteiger partial charge on any atom is 0.303 e. The van der Waals surface area contributed by atoms with Crippen LogP contribution in [0, 0.1) is 0 Å². The van der Waals surface area contributed by atoms with Gasteiger partial charge in [-0.2, -0.15) is 12.6 Å². The number of carbonyl (C=O) groups excluding carboxylic acids is 1. The number of aliphatic hydroxyl groups excluding tert-OH is 4. The third-order valence-corrected chi connectivity index (χ3v) is 13.8. The molecule has 0 saturated carbocycles. The molecule has 10 nitrogen and oxygen atoms in total. The zero-order valence-corrected chi connectivity index (χ0v) is 41.6. The van der Waals surface area contributed by atoms with Gasteiger partial charge in [0.15, 0.2) is 6.29 Å². The second kappa shape index (κ2) is 42.4. The number of carboxylic acids is 1. The maximum atomic E-state index is 13.1. The third kappa shape index (κ3) is 33.2. The van der Waals surface area contributed by atoms with Crippen LogP contribution in [-0.2, 0) is 19.1 Å². The zero-order valence-electron chi connectivity index (χ0n) is 40.7. The number of hydrogen-bond donors (Lipinski definition) is 7. The topological polar surface area (TPSA) is 166 Å². The van der Waals surface area contributed by atoms with Crippen LogP contribution in [0.5, 0.6) is 0 Å². The highest BCUT2D eigenvalue weighted by molar-refractivity contribution is 7.81. The number of aliphatic carboxylic acids is 1. The van der Waals surface area contributed by atoms with Crippen LogP contribution in [0.25, 0.3) is 0 Å². The number of aliphatic hydroxyl groups is 4. The van der Waals surface area contributed by atoms with Crippen molar-refractivity contribution in [2.45, 2.75) is 312 Å². The average molecular weight is 916 g/mol. The third-order valence-electron chi connectivity index (χ3n) is 13.3. The van der Waals surface area contributed by atoms with E-state index >= 15 is 0 Å². The SMILES string of the molecule is CCCCCCCCCCCCCCCCCCCCCCCCCC(=O)N[C@@H](CO[C@H]1O[C@H](CCC(=O)O)[C@H](O)[C@H](O)[C@H]1S)[C@H](O)[C@H](O)CCCCCCCCCCCCCC. The molecule has 8 atom stereocenters. The van der Waals surface area contributed by atoms with Crippen LogP contribution in [0.3, 0.4) is 0 Å². The highest BCUT2D eigenvalue weighted by Crippen LogP contribution is 2.29. The lowest BCUT2D eigenvalue weighted by molar-refractivity contribution is -0.250. The van der Waals surface area contributed by atoms with Crippen molar-refractivity contribution in [1.82, 2.24) is 5.32 Å². The summed E-state index contributed by atoms with van der Waals surface area (Å²) in [7, 11) is 0. The van der Waals surface area contributed by atoms with Crippen molar-refractivity contribution in [2.24, 2.45) is 0 Å². The lowest BCUT2D eigenvalue weighted by Gasteiger charge is -2.41. The minimum atomic E-state index is -1.34. The molecular formula is C52H101NO9S. The number of thiol groups is 1. The van der Waals surface area contributed by atoms with E-state index < -0.39 is 54.1 Å². The van der Waals surface area contributed by atoms with E-state index in [4.69, 9.17) is 14.6 Å². The van der Waals surface area contributed by atoms with Gasteiger partial charge in [0.05, 0.1) is 36.2 Å². The summed E-state index contributed by atoms with van der Waals surface area (Å²) < 4.78 is 11.8. The second-order valence-corrected chi connectivity index (χ2v) is 19.8. The quantitative estimate of drug-likeness (QED) is 0.0232. The monoisotopic (exact) mass is 916 g/mol. The smallest absolute Gasteiger partial charge is 0.303 e. The summed E-state index contributed by atoms with van der Waals surface area (Å²) in [6, 6.07) is -0.944. The average Bonchev–Trinajstić information content (AvgIpc) is 3.27. The van der Waals surface area contributed by atoms with Crippen LogP contribution in [0.15, 0.2) is 0 Å². The molecule has 0 aromatic carbocycles. The molecule has 0 bridgehead atoms. The Hall–Kier alpha value is -0.950. The van der Waals surface area contributed by atoms with Crippen molar-refractivity contribution in [1.29, 1.82) is 0 Å². The van der Waals surface area contributed by atoms with Gasteiger partial charge in [-0.3, -0.25) is 9.59 Å². The van der Waals surface area contributed by atoms with E-state index in [1.807, 2.05) is 0 Å². The van der Waals surface area contributed by atoms with E-state index in [0.29, 0.717) is 12.8 Å². The Morgan fingerprint density at radius 3 is 1.30 bits per heavy atom. The first-order valence-corrected chi connectivity index (χ1v) is 27.3. The van der Waals surface area contributed by atoms with Gasteiger partial charge in [-0.1, -0.05) is 232 Å². The number of amides is 1. The standard InChI is InChI=1S/C52H101NO9S/c1-3-5-7-9-11-13-15-17-18-19-20-21-22-23-24-25-26-27-29-31-33-35-37-39-46(55)53-43(42-61-52-51(63)50(60)49(59)45(62-52)40-41-47(56)57)48(58)44(54)38-36-34-32-30-28-16-14-12-10-8-6-4-2/h43-45,48-52,54,58-60,63H,3-42H2,1-2H3,(H,53,55)(H,56,57)/t43-,44+,45+,48-,49-,50-,51+,52-/m0/s1. The molecule has 1 aliphatic rings. The van der Waals surface area contributed by atoms with Crippen molar-refractivity contribution < 1.29 is 44.6 Å². The van der Waals surface area contributed by atoms with Crippen molar-refractivity contribution in [3.63, 3.8) is 0 Å². The van der Waals surface area contributed by atoms with Crippen LogP contribution in [0.4, 0.5) is 0 Å². The summed E-state index contributed by atoms with van der Waals surface area (Å²) in [4.78, 5) is 24.3. The first-order valence-electron chi connectivity index (χ1n) is 26.8. The Morgan fingerprint density at radius 1 is 0.556 bits per heavy atom. The van der Waals surface area contributed by atoms with Gasteiger partial charge in [-0.15, -0.1) is 0 Å². The maximum absolute atomic E-state index is 13.1. The Bertz CT molecular complexity index is 1040. The van der Waals surface area contributed by atoms with Crippen molar-refractivity contribution in [3.05, 3.63) is 0 Å². The van der Waals surface area contributed by atoms with Crippen LogP contribution in [0.2, 0.25) is 0 Å². The molecule has 0 aromatic heterocycles. The molecule has 0 aliphatic carbocycles. The first-order chi connectivity index (χ1) is 30.6. The summed E-state index contributed by atoms with van der Waals surface area (Å²) in [5, 5.41) is 54.5. The van der Waals surface area contributed by atoms with E-state index in [9.17, 15) is 30.0 Å². The van der Waals surface area contributed by atoms with Crippen LogP contribution in [0.1, 0.15) is 264 Å². The molecule has 11 heteroatoms. The predicted molar refractivity (Wildman–Crippen MR) is 262 cm³/mol. The van der Waals surface area contributed by atoms with Crippen LogP contribution < -0.4 is 5.32 Å². The van der Waals surface area contributed by atoms with Crippen LogP contribution in [-0.4, -0.2) is 92.1 Å². The van der Waals surface area contributed by atoms with Gasteiger partial charge in [0.25, 0.3) is 0 Å². The van der Waals surface area contributed by atoms with Gasteiger partial charge in [0.1, 0.15) is 12.2 Å². The van der Waals surface area contributed by atoms with Crippen molar-refractivity contribution in [3.8, 4) is 0 Å². The number of nitrogens with one attached hydrogen (secondary N) is 1. The molecule has 0 aromatic rings. The molecule has 1 saturated heterocycles. The molecule has 1 aliphatic heterocycles. The number of carboxylic acid groups (broad SMARTS) is 1. The Kier molecular flexibility index (Phi) is 40.4. The Balaban J connectivity index is 2.35. The number of ether oxygens (including phenoxy) is 2. The first kappa shape index (κ1) is 60.1. The van der Waals surface area contributed by atoms with E-state index in [1.54, 1.807) is 0 Å². The molecule has 374 valence electrons. The molecule has 1 heterocycles. The largest absolute Gasteiger partial charge is 0.481 e. The molecule has 63 heavy (non-hydrogen) atoms. The lowest BCUT2D eigenvalue weighted by atomic mass is 9.97. The van der Waals surface area contributed by atoms with Gasteiger partial charge in [-0.05, 0) is 19.3 Å². The van der Waals surface area contributed by atoms with Gasteiger partial charge >= 0.3 is 5.97 Å². The summed E-state index contributed by atoms with van der Waals surface area (Å²) in [6.07, 6.45) is 37.7. The van der Waals surface area contributed by atoms with E-state index in [-0.39, 0.29) is 25.4 Å². The number of rotatable bonds is 46. The minimum absolute atomic E-state index is 0.0337. The summed E-state index contributed by atoms with van der Waals surface area (Å²) in [5.41, 5.74) is 0. The summed E-state index contributed by atoms with van der Waals surface area (Å²) in [5.74, 6) is -1.29. The predicted octanol–water partition coefficient (Wildman–Crippen LogP) is 12.3. The fraction of sp³-hybridized carbons (Fsp3) is 0.962. The molecule has 0 unspecified atom stereocenters.